The van der Waals surface area contributed by atoms with Crippen molar-refractivity contribution in [1.29, 1.82) is 0 Å². The summed E-state index contributed by atoms with van der Waals surface area (Å²) >= 11 is 0. The number of rotatable bonds is 7. The molecule has 118 valence electrons. The predicted molar refractivity (Wildman–Crippen MR) is 91.4 cm³/mol. The van der Waals surface area contributed by atoms with E-state index >= 15 is 0 Å². The molecular formula is C19H20N2O2. The Labute approximate surface area is 135 Å². The van der Waals surface area contributed by atoms with Crippen LogP contribution in [0.1, 0.15) is 5.56 Å². The molecule has 1 heterocycles. The van der Waals surface area contributed by atoms with E-state index < -0.39 is 6.10 Å². The van der Waals surface area contributed by atoms with Gasteiger partial charge in [-0.25, -0.2) is 0 Å². The van der Waals surface area contributed by atoms with Crippen molar-refractivity contribution >= 4 is 10.8 Å². The Balaban J connectivity index is 1.45. The lowest BCUT2D eigenvalue weighted by atomic mass is 10.1. The van der Waals surface area contributed by atoms with Gasteiger partial charge in [-0.1, -0.05) is 36.4 Å². The van der Waals surface area contributed by atoms with Crippen LogP contribution in [-0.2, 0) is 6.54 Å². The molecule has 0 saturated carbocycles. The number of aromatic nitrogens is 1. The quantitative estimate of drug-likeness (QED) is 0.705. The van der Waals surface area contributed by atoms with Gasteiger partial charge in [0, 0.05) is 25.5 Å². The van der Waals surface area contributed by atoms with E-state index in [1.807, 2.05) is 54.7 Å². The van der Waals surface area contributed by atoms with Gasteiger partial charge in [-0.15, -0.1) is 0 Å². The number of pyridine rings is 1. The molecule has 4 nitrogen and oxygen atoms in total. The van der Waals surface area contributed by atoms with Crippen LogP contribution < -0.4 is 10.1 Å². The summed E-state index contributed by atoms with van der Waals surface area (Å²) in [6, 6.07) is 18.0. The van der Waals surface area contributed by atoms with Crippen molar-refractivity contribution < 1.29 is 9.84 Å². The summed E-state index contributed by atoms with van der Waals surface area (Å²) in [6.07, 6.45) is 3.00. The number of fused-ring (bicyclic) bond motifs is 1. The Kier molecular flexibility index (Phi) is 5.19. The molecule has 0 aliphatic rings. The van der Waals surface area contributed by atoms with Crippen LogP contribution in [0.15, 0.2) is 67.0 Å². The first-order valence-electron chi connectivity index (χ1n) is 7.70. The van der Waals surface area contributed by atoms with E-state index in [1.165, 1.54) is 5.39 Å². The van der Waals surface area contributed by atoms with E-state index in [1.54, 1.807) is 6.20 Å². The van der Waals surface area contributed by atoms with Crippen molar-refractivity contribution in [1.82, 2.24) is 10.3 Å². The summed E-state index contributed by atoms with van der Waals surface area (Å²) in [6.45, 7) is 1.42. The van der Waals surface area contributed by atoms with Crippen LogP contribution in [0.5, 0.6) is 5.75 Å². The molecular weight excluding hydrogens is 288 g/mol. The van der Waals surface area contributed by atoms with E-state index in [2.05, 4.69) is 16.4 Å². The Hall–Kier alpha value is -2.43. The molecule has 23 heavy (non-hydrogen) atoms. The SMILES string of the molecule is O[C@@H](CNCc1cccnc1)COc1ccc2ccccc2c1. The van der Waals surface area contributed by atoms with Crippen molar-refractivity contribution in [3.05, 3.63) is 72.6 Å². The fourth-order valence-corrected chi connectivity index (χ4v) is 2.39. The molecule has 0 aliphatic carbocycles. The van der Waals surface area contributed by atoms with Crippen molar-refractivity contribution in [2.75, 3.05) is 13.2 Å². The first kappa shape index (κ1) is 15.5. The van der Waals surface area contributed by atoms with E-state index in [4.69, 9.17) is 4.74 Å². The number of hydrogen-bond donors (Lipinski definition) is 2. The summed E-state index contributed by atoms with van der Waals surface area (Å²) in [4.78, 5) is 4.06. The zero-order valence-electron chi connectivity index (χ0n) is 12.9. The minimum absolute atomic E-state index is 0.262. The summed E-state index contributed by atoms with van der Waals surface area (Å²) in [5, 5.41) is 15.5. The number of nitrogens with one attached hydrogen (secondary N) is 1. The van der Waals surface area contributed by atoms with Gasteiger partial charge < -0.3 is 15.2 Å². The topological polar surface area (TPSA) is 54.4 Å². The van der Waals surface area contributed by atoms with Crippen molar-refractivity contribution in [3.63, 3.8) is 0 Å². The Morgan fingerprint density at radius 2 is 1.91 bits per heavy atom. The molecule has 2 N–H and O–H groups in total. The maximum atomic E-state index is 10.00. The third-order valence-corrected chi connectivity index (χ3v) is 3.60. The molecule has 2 aromatic carbocycles. The van der Waals surface area contributed by atoms with Crippen LogP contribution in [0.4, 0.5) is 0 Å². The highest BCUT2D eigenvalue weighted by molar-refractivity contribution is 5.83. The number of benzene rings is 2. The van der Waals surface area contributed by atoms with Crippen LogP contribution in [0.2, 0.25) is 0 Å². The normalized spacial score (nSPS) is 12.2. The Bertz CT molecular complexity index is 746. The molecule has 3 aromatic rings. The van der Waals surface area contributed by atoms with Crippen LogP contribution in [-0.4, -0.2) is 29.3 Å². The molecule has 0 aliphatic heterocycles. The minimum atomic E-state index is -0.557. The van der Waals surface area contributed by atoms with Gasteiger partial charge in [0.05, 0.1) is 0 Å². The highest BCUT2D eigenvalue weighted by Gasteiger charge is 2.05. The average Bonchev–Trinajstić information content (AvgIpc) is 2.61. The van der Waals surface area contributed by atoms with Gasteiger partial charge in [-0.2, -0.15) is 0 Å². The molecule has 4 heteroatoms. The number of ether oxygens (including phenoxy) is 1. The monoisotopic (exact) mass is 308 g/mol. The lowest BCUT2D eigenvalue weighted by Gasteiger charge is -2.13. The van der Waals surface area contributed by atoms with Crippen molar-refractivity contribution in [2.45, 2.75) is 12.6 Å². The number of hydrogen-bond acceptors (Lipinski definition) is 4. The highest BCUT2D eigenvalue weighted by Crippen LogP contribution is 2.20. The highest BCUT2D eigenvalue weighted by atomic mass is 16.5. The third-order valence-electron chi connectivity index (χ3n) is 3.60. The first-order chi connectivity index (χ1) is 11.3. The largest absolute Gasteiger partial charge is 0.491 e. The second-order valence-corrected chi connectivity index (χ2v) is 5.47. The molecule has 0 amide bonds. The van der Waals surface area contributed by atoms with Crippen LogP contribution >= 0.6 is 0 Å². The predicted octanol–water partition coefficient (Wildman–Crippen LogP) is 2.76. The van der Waals surface area contributed by atoms with E-state index in [-0.39, 0.29) is 6.61 Å². The van der Waals surface area contributed by atoms with Gasteiger partial charge in [0.25, 0.3) is 0 Å². The lowest BCUT2D eigenvalue weighted by Crippen LogP contribution is -2.31. The summed E-state index contributed by atoms with van der Waals surface area (Å²) in [7, 11) is 0. The molecule has 0 radical (unpaired) electrons. The van der Waals surface area contributed by atoms with Gasteiger partial charge in [-0.3, -0.25) is 4.98 Å². The maximum Gasteiger partial charge on any atom is 0.120 e. The van der Waals surface area contributed by atoms with Gasteiger partial charge in [0.2, 0.25) is 0 Å². The smallest absolute Gasteiger partial charge is 0.120 e. The van der Waals surface area contributed by atoms with Crippen LogP contribution in [0, 0.1) is 0 Å². The van der Waals surface area contributed by atoms with Gasteiger partial charge in [0.1, 0.15) is 18.5 Å². The molecule has 0 bridgehead atoms. The Morgan fingerprint density at radius 3 is 2.74 bits per heavy atom. The lowest BCUT2D eigenvalue weighted by molar-refractivity contribution is 0.106. The third kappa shape index (κ3) is 4.52. The van der Waals surface area contributed by atoms with E-state index in [0.717, 1.165) is 16.7 Å². The van der Waals surface area contributed by atoms with Crippen LogP contribution in [0.25, 0.3) is 10.8 Å². The second kappa shape index (κ2) is 7.72. The Morgan fingerprint density at radius 1 is 1.04 bits per heavy atom. The minimum Gasteiger partial charge on any atom is -0.491 e. The van der Waals surface area contributed by atoms with Crippen molar-refractivity contribution in [2.24, 2.45) is 0 Å². The first-order valence-corrected chi connectivity index (χ1v) is 7.70. The molecule has 0 fully saturated rings. The number of aliphatic hydroxyl groups is 1. The van der Waals surface area contributed by atoms with Crippen molar-refractivity contribution in [3.8, 4) is 5.75 Å². The average molecular weight is 308 g/mol. The van der Waals surface area contributed by atoms with Gasteiger partial charge in [-0.05, 0) is 34.5 Å². The fraction of sp³-hybridized carbons (Fsp3) is 0.211. The molecule has 0 unspecified atom stereocenters. The number of aliphatic hydroxyl groups excluding tert-OH is 1. The molecule has 1 atom stereocenters. The van der Waals surface area contributed by atoms with Gasteiger partial charge in [0.15, 0.2) is 0 Å². The molecule has 3 rings (SSSR count). The van der Waals surface area contributed by atoms with E-state index in [0.29, 0.717) is 13.1 Å². The molecule has 1 aromatic heterocycles. The summed E-state index contributed by atoms with van der Waals surface area (Å²) < 4.78 is 5.68. The van der Waals surface area contributed by atoms with E-state index in [9.17, 15) is 5.11 Å². The second-order valence-electron chi connectivity index (χ2n) is 5.47. The molecule has 0 spiro atoms. The summed E-state index contributed by atoms with van der Waals surface area (Å²) in [5.41, 5.74) is 1.09. The van der Waals surface area contributed by atoms with Gasteiger partial charge >= 0.3 is 0 Å². The zero-order valence-corrected chi connectivity index (χ0v) is 12.9. The fourth-order valence-electron chi connectivity index (χ4n) is 2.39. The number of nitrogens with zero attached hydrogens (tertiary/aromatic N) is 1. The van der Waals surface area contributed by atoms with Crippen LogP contribution in [0.3, 0.4) is 0 Å². The zero-order chi connectivity index (χ0) is 15.9. The maximum absolute atomic E-state index is 10.00. The standard InChI is InChI=1S/C19H20N2O2/c22-18(13-21-12-15-4-3-9-20-11-15)14-23-19-8-7-16-5-1-2-6-17(16)10-19/h1-11,18,21-22H,12-14H2/t18-/m0/s1. The molecule has 0 saturated heterocycles. The summed E-state index contributed by atoms with van der Waals surface area (Å²) in [5.74, 6) is 0.773.